The van der Waals surface area contributed by atoms with Gasteiger partial charge in [-0.1, -0.05) is 24.0 Å². The van der Waals surface area contributed by atoms with Gasteiger partial charge in [-0.2, -0.15) is 11.8 Å². The molecule has 1 heterocycles. The Morgan fingerprint density at radius 1 is 0.973 bits per heavy atom. The van der Waals surface area contributed by atoms with Crippen LogP contribution in [0.1, 0.15) is 34.0 Å². The lowest BCUT2D eigenvalue weighted by Crippen LogP contribution is -2.61. The van der Waals surface area contributed by atoms with Gasteiger partial charge < -0.3 is 20.6 Å². The summed E-state index contributed by atoms with van der Waals surface area (Å²) in [5.41, 5.74) is -0.295. The van der Waals surface area contributed by atoms with Crippen LogP contribution < -0.4 is 10.8 Å². The Kier molecular flexibility index (Phi) is 9.25. The molecule has 1 aliphatic heterocycles. The predicted octanol–water partition coefficient (Wildman–Crippen LogP) is 0.850. The minimum atomic E-state index is -3.38. The first-order chi connectivity index (χ1) is 17.5. The largest absolute Gasteiger partial charge is 0.381 e. The lowest BCUT2D eigenvalue weighted by atomic mass is 9.95. The number of amides is 2. The van der Waals surface area contributed by atoms with Crippen LogP contribution in [0.25, 0.3) is 0 Å². The molecule has 0 spiro atoms. The minimum absolute atomic E-state index is 0.00838. The highest BCUT2D eigenvalue weighted by atomic mass is 32.2. The van der Waals surface area contributed by atoms with Crippen molar-refractivity contribution in [3.8, 4) is 11.8 Å². The van der Waals surface area contributed by atoms with Gasteiger partial charge in [0.25, 0.3) is 24.2 Å². The monoisotopic (exact) mass is 535 g/mol. The van der Waals surface area contributed by atoms with Crippen LogP contribution in [0.15, 0.2) is 48.5 Å². The fourth-order valence-corrected chi connectivity index (χ4v) is 4.47. The number of halogens is 2. The smallest absolute Gasteiger partial charge is 0.269 e. The number of benzene rings is 2. The molecule has 3 rings (SSSR count). The van der Waals surface area contributed by atoms with Gasteiger partial charge in [0.15, 0.2) is 5.60 Å². The van der Waals surface area contributed by atoms with Gasteiger partial charge in [0, 0.05) is 46.8 Å². The number of nitrogens with zero attached hydrogens (tertiary/aromatic N) is 1. The van der Waals surface area contributed by atoms with E-state index in [-0.39, 0.29) is 5.56 Å². The number of aliphatic hydroxyl groups is 3. The van der Waals surface area contributed by atoms with Crippen molar-refractivity contribution in [2.45, 2.75) is 30.9 Å². The zero-order valence-electron chi connectivity index (χ0n) is 19.8. The van der Waals surface area contributed by atoms with E-state index in [1.165, 1.54) is 24.3 Å². The Labute approximate surface area is 216 Å². The molecule has 2 amide bonds. The Morgan fingerprint density at radius 3 is 1.97 bits per heavy atom. The number of hydrogen-bond donors (Lipinski definition) is 6. The molecule has 0 radical (unpaired) electrons. The summed E-state index contributed by atoms with van der Waals surface area (Å²) >= 11 is 1.76. The average molecular weight is 536 g/mol. The van der Waals surface area contributed by atoms with E-state index in [1.807, 2.05) is 5.32 Å². The molecule has 0 aliphatic carbocycles. The summed E-state index contributed by atoms with van der Waals surface area (Å²) in [7, 11) is 0. The highest BCUT2D eigenvalue weighted by Crippen LogP contribution is 2.26. The molecular formula is C25H27F2N3O6S. The molecule has 6 N–H and O–H groups in total. The normalized spacial score (nSPS) is 16.8. The molecule has 0 saturated carbocycles. The van der Waals surface area contributed by atoms with Gasteiger partial charge in [-0.05, 0) is 43.3 Å². The van der Waals surface area contributed by atoms with Crippen molar-refractivity contribution in [3.63, 3.8) is 0 Å². The number of rotatable bonds is 7. The van der Waals surface area contributed by atoms with Crippen molar-refractivity contribution < 1.29 is 38.9 Å². The van der Waals surface area contributed by atoms with Crippen LogP contribution in [0.5, 0.6) is 0 Å². The summed E-state index contributed by atoms with van der Waals surface area (Å²) in [5.74, 6) is 3.08. The maximum atomic E-state index is 13.1. The highest BCUT2D eigenvalue weighted by molar-refractivity contribution is 7.99. The second-order valence-electron chi connectivity index (χ2n) is 8.55. The molecule has 1 aliphatic rings. The molecular weight excluding hydrogens is 508 g/mol. The van der Waals surface area contributed by atoms with Gasteiger partial charge in [-0.3, -0.25) is 14.8 Å². The molecule has 2 aromatic carbocycles. The third kappa shape index (κ3) is 6.84. The van der Waals surface area contributed by atoms with Crippen molar-refractivity contribution >= 4 is 23.6 Å². The Bertz CT molecular complexity index is 1160. The van der Waals surface area contributed by atoms with Crippen LogP contribution in [0.2, 0.25) is 0 Å². The maximum absolute atomic E-state index is 13.1. The summed E-state index contributed by atoms with van der Waals surface area (Å²) < 4.78 is 26.3. The molecule has 1 unspecified atom stereocenters. The fourth-order valence-electron chi connectivity index (χ4n) is 3.57. The Morgan fingerprint density at radius 2 is 1.49 bits per heavy atom. The molecule has 1 saturated heterocycles. The van der Waals surface area contributed by atoms with E-state index in [2.05, 4.69) is 11.8 Å². The molecule has 12 heteroatoms. The first-order valence-corrected chi connectivity index (χ1v) is 12.4. The summed E-state index contributed by atoms with van der Waals surface area (Å²) in [4.78, 5) is 25.8. The topological polar surface area (TPSA) is 142 Å². The Hall–Kier alpha value is -3.05. The second kappa shape index (κ2) is 12.0. The number of nitrogens with one attached hydrogen (secondary N) is 2. The Balaban J connectivity index is 1.68. The molecule has 2 atom stereocenters. The van der Waals surface area contributed by atoms with Crippen LogP contribution in [0, 0.1) is 11.8 Å². The van der Waals surface area contributed by atoms with Gasteiger partial charge >= 0.3 is 0 Å². The number of alkyl halides is 2. The number of hydroxylamine groups is 1. The number of carbonyl (C=O) groups excluding carboxylic acids is 2. The van der Waals surface area contributed by atoms with Crippen LogP contribution in [0.4, 0.5) is 8.78 Å². The third-order valence-electron chi connectivity index (χ3n) is 5.90. The lowest BCUT2D eigenvalue weighted by molar-refractivity contribution is -0.273. The standard InChI is InChI=1S/C25H27F2N3O6S/c1-24(33,23(26)27)20(22(32)29-36)28-21(31)18-8-4-16(5-9-18)2-3-17-6-10-19(11-7-17)25(34,35)30-12-14-37-15-13-30/h4-11,20,23,33-36H,12-15H2,1H3,(H,28,31)(H,29,32)/t20-,24?/m1/s1. The van der Waals surface area contributed by atoms with Crippen LogP contribution in [0.3, 0.4) is 0 Å². The van der Waals surface area contributed by atoms with E-state index < -0.39 is 35.8 Å². The minimum Gasteiger partial charge on any atom is -0.381 e. The fraction of sp³-hybridized carbons (Fsp3) is 0.360. The van der Waals surface area contributed by atoms with Gasteiger partial charge in [0.2, 0.25) is 0 Å². The first-order valence-electron chi connectivity index (χ1n) is 11.2. The lowest BCUT2D eigenvalue weighted by Gasteiger charge is -2.37. The van der Waals surface area contributed by atoms with E-state index in [1.54, 1.807) is 40.9 Å². The van der Waals surface area contributed by atoms with E-state index in [0.29, 0.717) is 36.7 Å². The van der Waals surface area contributed by atoms with Gasteiger partial charge in [0.05, 0.1) is 0 Å². The van der Waals surface area contributed by atoms with Crippen molar-refractivity contribution in [2.24, 2.45) is 0 Å². The average Bonchev–Trinajstić information content (AvgIpc) is 2.90. The molecule has 37 heavy (non-hydrogen) atoms. The van der Waals surface area contributed by atoms with E-state index in [0.717, 1.165) is 17.0 Å². The van der Waals surface area contributed by atoms with Crippen LogP contribution >= 0.6 is 11.8 Å². The van der Waals surface area contributed by atoms with E-state index in [4.69, 9.17) is 5.21 Å². The van der Waals surface area contributed by atoms with Crippen molar-refractivity contribution in [3.05, 3.63) is 70.8 Å². The summed E-state index contributed by atoms with van der Waals surface area (Å²) in [6.45, 7) is 1.79. The van der Waals surface area contributed by atoms with Crippen LogP contribution in [-0.2, 0) is 10.7 Å². The van der Waals surface area contributed by atoms with Crippen molar-refractivity contribution in [1.29, 1.82) is 0 Å². The van der Waals surface area contributed by atoms with Crippen molar-refractivity contribution in [1.82, 2.24) is 15.7 Å². The molecule has 9 nitrogen and oxygen atoms in total. The zero-order valence-corrected chi connectivity index (χ0v) is 20.6. The summed E-state index contributed by atoms with van der Waals surface area (Å²) in [6.07, 6.45) is -3.38. The quantitative estimate of drug-likeness (QED) is 0.133. The van der Waals surface area contributed by atoms with E-state index in [9.17, 15) is 33.7 Å². The molecule has 1 fully saturated rings. The first kappa shape index (κ1) is 28.5. The predicted molar refractivity (Wildman–Crippen MR) is 132 cm³/mol. The number of thioether (sulfide) groups is 1. The third-order valence-corrected chi connectivity index (χ3v) is 6.84. The maximum Gasteiger partial charge on any atom is 0.269 e. The molecule has 0 bridgehead atoms. The molecule has 0 aromatic heterocycles. The van der Waals surface area contributed by atoms with Gasteiger partial charge in [-0.25, -0.2) is 19.2 Å². The summed E-state index contributed by atoms with van der Waals surface area (Å²) in [6, 6.07) is 10.1. The van der Waals surface area contributed by atoms with E-state index >= 15 is 0 Å². The highest BCUT2D eigenvalue weighted by Gasteiger charge is 2.46. The summed E-state index contributed by atoms with van der Waals surface area (Å²) in [5, 5.41) is 41.8. The number of hydrogen-bond acceptors (Lipinski definition) is 8. The SMILES string of the molecule is CC(O)(C(F)F)[C@H](NC(=O)c1ccc(C#Cc2ccc(C(O)(O)N3CCSCC3)cc2)cc1)C(=O)NO. The van der Waals surface area contributed by atoms with Crippen molar-refractivity contribution in [2.75, 3.05) is 24.6 Å². The number of carbonyl (C=O) groups is 2. The van der Waals surface area contributed by atoms with Crippen LogP contribution in [-0.4, -0.2) is 79.9 Å². The second-order valence-corrected chi connectivity index (χ2v) is 9.77. The van der Waals surface area contributed by atoms with Gasteiger partial charge in [0.1, 0.15) is 6.04 Å². The van der Waals surface area contributed by atoms with Gasteiger partial charge in [-0.15, -0.1) is 0 Å². The molecule has 198 valence electrons. The molecule has 2 aromatic rings. The zero-order chi connectivity index (χ0) is 27.2.